The van der Waals surface area contributed by atoms with E-state index in [4.69, 9.17) is 14.9 Å². The third kappa shape index (κ3) is 3.67. The van der Waals surface area contributed by atoms with Crippen molar-refractivity contribution in [3.8, 4) is 0 Å². The maximum atomic E-state index is 11.1. The molecule has 0 saturated heterocycles. The standard InChI is InChI=1S/C11H17NO8/c1-4(14)12-8-5(15)2-7(11(18)19)20-10(8)9(17)6(16)3-13/h2,5-6,8-10,13,15-17H,3H2,1H3,(H,12,14)(H,18,19)/t5-,6-,8?,9-,10+/m0/s1. The zero-order valence-corrected chi connectivity index (χ0v) is 10.6. The van der Waals surface area contributed by atoms with Crippen molar-refractivity contribution in [3.05, 3.63) is 11.8 Å². The lowest BCUT2D eigenvalue weighted by Crippen LogP contribution is -2.59. The van der Waals surface area contributed by atoms with Crippen LogP contribution in [0.2, 0.25) is 0 Å². The number of amides is 1. The smallest absolute Gasteiger partial charge is 0.370 e. The van der Waals surface area contributed by atoms with Gasteiger partial charge in [0.2, 0.25) is 11.7 Å². The third-order valence-electron chi connectivity index (χ3n) is 2.81. The molecule has 0 bridgehead atoms. The second-order valence-electron chi connectivity index (χ2n) is 4.38. The van der Waals surface area contributed by atoms with E-state index in [1.807, 2.05) is 0 Å². The number of nitrogens with one attached hydrogen (secondary N) is 1. The lowest BCUT2D eigenvalue weighted by Gasteiger charge is -2.37. The van der Waals surface area contributed by atoms with E-state index in [0.29, 0.717) is 0 Å². The van der Waals surface area contributed by atoms with Crippen LogP contribution in [0.1, 0.15) is 6.92 Å². The molecule has 0 radical (unpaired) electrons. The Labute approximate surface area is 114 Å². The third-order valence-corrected chi connectivity index (χ3v) is 2.81. The number of hydrogen-bond donors (Lipinski definition) is 6. The Balaban J connectivity index is 3.04. The molecule has 1 aliphatic rings. The summed E-state index contributed by atoms with van der Waals surface area (Å²) < 4.78 is 4.98. The van der Waals surface area contributed by atoms with Gasteiger partial charge in [-0.2, -0.15) is 0 Å². The fourth-order valence-electron chi connectivity index (χ4n) is 1.85. The highest BCUT2D eigenvalue weighted by atomic mass is 16.5. The first-order valence-electron chi connectivity index (χ1n) is 5.81. The zero-order valence-electron chi connectivity index (χ0n) is 10.6. The van der Waals surface area contributed by atoms with Crippen molar-refractivity contribution in [3.63, 3.8) is 0 Å². The summed E-state index contributed by atoms with van der Waals surface area (Å²) in [4.78, 5) is 21.9. The normalized spacial score (nSPS) is 28.9. The zero-order chi connectivity index (χ0) is 15.4. The second-order valence-corrected chi connectivity index (χ2v) is 4.38. The number of carboxylic acid groups (broad SMARTS) is 1. The van der Waals surface area contributed by atoms with Crippen LogP contribution in [-0.4, -0.2) is 74.5 Å². The molecular weight excluding hydrogens is 274 g/mol. The van der Waals surface area contributed by atoms with Gasteiger partial charge in [-0.15, -0.1) is 0 Å². The topological polar surface area (TPSA) is 157 Å². The van der Waals surface area contributed by atoms with Crippen molar-refractivity contribution in [1.29, 1.82) is 0 Å². The Morgan fingerprint density at radius 2 is 2.05 bits per heavy atom. The van der Waals surface area contributed by atoms with Gasteiger partial charge in [-0.25, -0.2) is 4.79 Å². The number of carboxylic acids is 1. The van der Waals surface area contributed by atoms with Gasteiger partial charge < -0.3 is 35.6 Å². The fraction of sp³-hybridized carbons (Fsp3) is 0.636. The first-order valence-corrected chi connectivity index (χ1v) is 5.81. The summed E-state index contributed by atoms with van der Waals surface area (Å²) in [5, 5.41) is 49.0. The van der Waals surface area contributed by atoms with Gasteiger partial charge in [0, 0.05) is 6.92 Å². The molecule has 114 valence electrons. The summed E-state index contributed by atoms with van der Waals surface area (Å²) >= 11 is 0. The molecule has 9 nitrogen and oxygen atoms in total. The average molecular weight is 291 g/mol. The molecule has 0 aliphatic carbocycles. The van der Waals surface area contributed by atoms with Crippen LogP contribution < -0.4 is 5.32 Å². The van der Waals surface area contributed by atoms with E-state index in [0.717, 1.165) is 13.0 Å². The van der Waals surface area contributed by atoms with Crippen LogP contribution >= 0.6 is 0 Å². The van der Waals surface area contributed by atoms with Crippen molar-refractivity contribution in [2.24, 2.45) is 0 Å². The summed E-state index contributed by atoms with van der Waals surface area (Å²) in [7, 11) is 0. The van der Waals surface area contributed by atoms with Gasteiger partial charge in [0.1, 0.15) is 18.3 Å². The molecule has 6 N–H and O–H groups in total. The number of carbonyl (C=O) groups excluding carboxylic acids is 1. The van der Waals surface area contributed by atoms with Gasteiger partial charge in [0.25, 0.3) is 0 Å². The van der Waals surface area contributed by atoms with Gasteiger partial charge in [-0.3, -0.25) is 4.79 Å². The van der Waals surface area contributed by atoms with Crippen LogP contribution in [0.25, 0.3) is 0 Å². The highest BCUT2D eigenvalue weighted by Crippen LogP contribution is 2.22. The van der Waals surface area contributed by atoms with E-state index in [1.165, 1.54) is 0 Å². The molecule has 0 spiro atoms. The molecule has 0 aromatic carbocycles. The van der Waals surface area contributed by atoms with Crippen molar-refractivity contribution in [2.45, 2.75) is 37.4 Å². The van der Waals surface area contributed by atoms with Gasteiger partial charge >= 0.3 is 5.97 Å². The second kappa shape index (κ2) is 6.66. The number of aliphatic hydroxyl groups is 4. The SMILES string of the molecule is CC(=O)NC1[C@H]([C@@H](O)[C@@H](O)CO)OC(C(=O)O)=C[C@@H]1O. The lowest BCUT2D eigenvalue weighted by molar-refractivity contribution is -0.149. The van der Waals surface area contributed by atoms with E-state index in [9.17, 15) is 24.9 Å². The molecule has 1 amide bonds. The molecule has 1 aliphatic heterocycles. The van der Waals surface area contributed by atoms with E-state index in [2.05, 4.69) is 5.32 Å². The van der Waals surface area contributed by atoms with Crippen molar-refractivity contribution >= 4 is 11.9 Å². The van der Waals surface area contributed by atoms with Crippen LogP contribution in [0.3, 0.4) is 0 Å². The minimum absolute atomic E-state index is 0.541. The Morgan fingerprint density at radius 1 is 1.45 bits per heavy atom. The molecule has 0 aromatic rings. The monoisotopic (exact) mass is 291 g/mol. The van der Waals surface area contributed by atoms with Crippen molar-refractivity contribution in [1.82, 2.24) is 5.32 Å². The molecular formula is C11H17NO8. The van der Waals surface area contributed by atoms with E-state index >= 15 is 0 Å². The molecule has 1 heterocycles. The number of hydrogen-bond acceptors (Lipinski definition) is 7. The fourth-order valence-corrected chi connectivity index (χ4v) is 1.85. The van der Waals surface area contributed by atoms with Crippen LogP contribution in [0.4, 0.5) is 0 Å². The maximum Gasteiger partial charge on any atom is 0.370 e. The molecule has 1 unspecified atom stereocenters. The Bertz CT molecular complexity index is 409. The minimum atomic E-state index is -1.70. The number of aliphatic carboxylic acids is 1. The Kier molecular flexibility index (Phi) is 5.45. The molecule has 0 fully saturated rings. The van der Waals surface area contributed by atoms with Gasteiger partial charge in [-0.1, -0.05) is 0 Å². The Hall–Kier alpha value is -1.68. The van der Waals surface area contributed by atoms with E-state index < -0.39 is 54.7 Å². The molecule has 0 aromatic heterocycles. The van der Waals surface area contributed by atoms with Gasteiger partial charge in [0.15, 0.2) is 6.10 Å². The number of ether oxygens (including phenoxy) is 1. The minimum Gasteiger partial charge on any atom is -0.478 e. The Morgan fingerprint density at radius 3 is 2.50 bits per heavy atom. The van der Waals surface area contributed by atoms with Gasteiger partial charge in [0.05, 0.1) is 12.6 Å². The summed E-state index contributed by atoms with van der Waals surface area (Å²) in [6.45, 7) is 0.366. The van der Waals surface area contributed by atoms with E-state index in [1.54, 1.807) is 0 Å². The predicted octanol–water partition coefficient (Wildman–Crippen LogP) is -3.07. The van der Waals surface area contributed by atoms with Crippen LogP contribution in [-0.2, 0) is 14.3 Å². The summed E-state index contributed by atoms with van der Waals surface area (Å²) in [6, 6.07) is -1.16. The predicted molar refractivity (Wildman–Crippen MR) is 63.3 cm³/mol. The quantitative estimate of drug-likeness (QED) is 0.311. The number of carbonyl (C=O) groups is 2. The first-order chi connectivity index (χ1) is 9.27. The van der Waals surface area contributed by atoms with Crippen LogP contribution in [0, 0.1) is 0 Å². The van der Waals surface area contributed by atoms with Crippen LogP contribution in [0.5, 0.6) is 0 Å². The van der Waals surface area contributed by atoms with Gasteiger partial charge in [-0.05, 0) is 6.08 Å². The van der Waals surface area contributed by atoms with Crippen molar-refractivity contribution in [2.75, 3.05) is 6.61 Å². The highest BCUT2D eigenvalue weighted by molar-refractivity contribution is 5.84. The number of rotatable bonds is 5. The lowest BCUT2D eigenvalue weighted by atomic mass is 9.94. The maximum absolute atomic E-state index is 11.1. The molecule has 1 rings (SSSR count). The van der Waals surface area contributed by atoms with Crippen molar-refractivity contribution < 1.29 is 39.9 Å². The molecule has 20 heavy (non-hydrogen) atoms. The average Bonchev–Trinajstić information content (AvgIpc) is 2.38. The first kappa shape index (κ1) is 16.4. The highest BCUT2D eigenvalue weighted by Gasteiger charge is 2.42. The van der Waals surface area contributed by atoms with Crippen LogP contribution in [0.15, 0.2) is 11.8 Å². The molecule has 5 atom stereocenters. The summed E-state index contributed by atoms with van der Waals surface area (Å²) in [5.74, 6) is -2.63. The van der Waals surface area contributed by atoms with E-state index in [-0.39, 0.29) is 0 Å². The summed E-state index contributed by atoms with van der Waals surface area (Å²) in [5.41, 5.74) is 0. The number of aliphatic hydroxyl groups excluding tert-OH is 4. The molecule has 9 heteroatoms. The molecule has 0 saturated carbocycles. The largest absolute Gasteiger partial charge is 0.478 e. The summed E-state index contributed by atoms with van der Waals surface area (Å²) in [6.07, 6.45) is -5.29.